The van der Waals surface area contributed by atoms with Crippen LogP contribution in [0, 0.1) is 0 Å². The van der Waals surface area contributed by atoms with Crippen LogP contribution in [0.25, 0.3) is 0 Å². The van der Waals surface area contributed by atoms with Gasteiger partial charge in [-0.25, -0.2) is 0 Å². The molecule has 3 aromatic carbocycles. The van der Waals surface area contributed by atoms with E-state index in [0.29, 0.717) is 36.0 Å². The van der Waals surface area contributed by atoms with Gasteiger partial charge in [-0.1, -0.05) is 114 Å². The molecule has 11 amide bonds. The molecule has 458 valence electrons. The van der Waals surface area contributed by atoms with Gasteiger partial charge in [0.2, 0.25) is 65.0 Å². The van der Waals surface area contributed by atoms with Crippen LogP contribution in [-0.2, 0) is 59.2 Å². The van der Waals surface area contributed by atoms with E-state index in [1.54, 1.807) is 36.4 Å². The molecule has 2 heterocycles. The number of likely N-dealkylation sites (tertiary alicyclic amines) is 1. The van der Waals surface area contributed by atoms with Crippen molar-refractivity contribution in [1.29, 1.82) is 0 Å². The van der Waals surface area contributed by atoms with E-state index >= 15 is 9.59 Å². The minimum absolute atomic E-state index is 0.00894. The van der Waals surface area contributed by atoms with E-state index < -0.39 is 144 Å². The fourth-order valence-electron chi connectivity index (χ4n) is 10.6. The summed E-state index contributed by atoms with van der Waals surface area (Å²) in [6, 6.07) is 13.6. The Balaban J connectivity index is 1.41. The fourth-order valence-corrected chi connectivity index (χ4v) is 13.9. The van der Waals surface area contributed by atoms with Gasteiger partial charge in [-0.2, -0.15) is 0 Å². The number of hydrogen-bond acceptors (Lipinski definition) is 15. The number of carbonyl (C=O) groups excluding carboxylic acids is 11. The maximum atomic E-state index is 15.3. The van der Waals surface area contributed by atoms with Crippen molar-refractivity contribution in [1.82, 2.24) is 42.1 Å². The third-order valence-corrected chi connectivity index (χ3v) is 18.1. The number of primary amides is 3. The van der Waals surface area contributed by atoms with Crippen LogP contribution in [0.5, 0.6) is 5.75 Å². The third-order valence-electron chi connectivity index (χ3n) is 14.8. The molecule has 0 bridgehead atoms. The highest BCUT2D eigenvalue weighted by atomic mass is 33.1. The zero-order chi connectivity index (χ0) is 61.6. The van der Waals surface area contributed by atoms with Crippen LogP contribution < -0.4 is 65.9 Å². The Morgan fingerprint density at radius 1 is 0.706 bits per heavy atom. The molecule has 28 heteroatoms. The molecule has 2 saturated heterocycles. The summed E-state index contributed by atoms with van der Waals surface area (Å²) in [4.78, 5) is 159. The molecule has 0 unspecified atom stereocenters. The van der Waals surface area contributed by atoms with Crippen molar-refractivity contribution < 1.29 is 57.8 Å². The Labute approximate surface area is 499 Å². The molecule has 0 aromatic heterocycles. The van der Waals surface area contributed by atoms with Gasteiger partial charge in [-0.05, 0) is 73.8 Å². The van der Waals surface area contributed by atoms with E-state index in [0.717, 1.165) is 19.3 Å². The van der Waals surface area contributed by atoms with Crippen LogP contribution in [0.3, 0.4) is 0 Å². The van der Waals surface area contributed by atoms with Crippen LogP contribution in [0.4, 0.5) is 0 Å². The van der Waals surface area contributed by atoms with Crippen molar-refractivity contribution in [2.45, 2.75) is 143 Å². The number of carbonyl (C=O) groups is 11. The van der Waals surface area contributed by atoms with Gasteiger partial charge in [0.25, 0.3) is 0 Å². The Kier molecular flexibility index (Phi) is 24.8. The number of aromatic hydroxyl groups is 1. The van der Waals surface area contributed by atoms with Gasteiger partial charge in [0.05, 0.1) is 13.0 Å². The van der Waals surface area contributed by atoms with E-state index in [9.17, 15) is 48.3 Å². The number of aliphatic imine (C=N–C) groups is 1. The first-order valence-electron chi connectivity index (χ1n) is 28.1. The molecule has 1 saturated carbocycles. The van der Waals surface area contributed by atoms with Gasteiger partial charge in [0.1, 0.15) is 48.0 Å². The van der Waals surface area contributed by atoms with E-state index in [4.69, 9.17) is 28.7 Å². The Morgan fingerprint density at radius 2 is 1.32 bits per heavy atom. The maximum Gasteiger partial charge on any atom is 0.246 e. The van der Waals surface area contributed by atoms with Crippen molar-refractivity contribution in [2.24, 2.45) is 33.7 Å². The number of nitrogens with zero attached hydrogens (tertiary/aromatic N) is 2. The van der Waals surface area contributed by atoms with Crippen LogP contribution in [-0.4, -0.2) is 153 Å². The van der Waals surface area contributed by atoms with Crippen LogP contribution in [0.15, 0.2) is 89.9 Å². The lowest BCUT2D eigenvalue weighted by molar-refractivity contribution is -0.142. The van der Waals surface area contributed by atoms with Gasteiger partial charge in [0.15, 0.2) is 5.96 Å². The molecule has 1 spiro atoms. The molecule has 26 nitrogen and oxygen atoms in total. The lowest BCUT2D eigenvalue weighted by Gasteiger charge is -2.37. The number of guanidine groups is 1. The minimum atomic E-state index is -1.80. The van der Waals surface area contributed by atoms with E-state index in [1.165, 1.54) is 50.8 Å². The number of benzene rings is 3. The standard InChI is InChI=1S/C57H76N14O12S2/c58-43(73)23-22-38-50(78)67-40(29-44(59)74)52(80)69-41(55(83)71-27-11-17-42(71)53(81)66-37(16-10-26-63-56(61)62)49(77)64-31-45(60)75)32-84-85-57(24-8-3-9-25-57)30-46(76)70-48(47(34-12-4-1-5-13-34)35-14-6-2-7-15-35)54(82)68-39(51(79)65-38)28-33-18-20-36(72)21-19-33/h1-2,4-7,12-15,18-21,37-42,47-48,72H,3,8-11,16-17,22-32H2,(H2,58,73)(H2,59,74)(H2,60,75)(H,64,77)(H,65,79)(H,66,81)(H,67,78)(H,68,82)(H,69,80)(H,70,76)(H4,61,62,63)/t37-,38-,39-,40-,41+,42-,48-/m0/s1. The van der Waals surface area contributed by atoms with Crippen molar-refractivity contribution >= 4 is 92.5 Å². The van der Waals surface area contributed by atoms with Crippen molar-refractivity contribution in [3.63, 3.8) is 0 Å². The predicted molar refractivity (Wildman–Crippen MR) is 318 cm³/mol. The average Bonchev–Trinajstić information content (AvgIpc) is 3.53. The number of nitrogens with two attached hydrogens (primary N) is 5. The number of nitrogens with one attached hydrogen (secondary N) is 7. The lowest BCUT2D eigenvalue weighted by Crippen LogP contribution is -2.61. The SMILES string of the molecule is NC(=O)CC[C@@H]1NC(=O)[C@H](Cc2ccc(O)cc2)NC(=O)[C@H](C(c2ccccc2)c2ccccc2)NC(=O)CC2(CCCCC2)SSC[C@H](C(=O)N2CCC[C@H]2C(=O)N[C@@H](CCCN=C(N)N)C(=O)NCC(N)=O)NC(=O)[C@H](CC(N)=O)NC1=O. The molecule has 3 aliphatic rings. The molecule has 18 N–H and O–H groups in total. The predicted octanol–water partition coefficient (Wildman–Crippen LogP) is -1.05. The summed E-state index contributed by atoms with van der Waals surface area (Å²) in [6.45, 7) is -0.413. The summed E-state index contributed by atoms with van der Waals surface area (Å²) in [5.74, 6) is -10.7. The fraction of sp³-hybridized carbons (Fsp3) is 0.474. The second-order valence-corrected chi connectivity index (χ2v) is 24.1. The third kappa shape index (κ3) is 20.1. The quantitative estimate of drug-likeness (QED) is 0.0278. The van der Waals surface area contributed by atoms with E-state index in [-0.39, 0.29) is 62.7 Å². The van der Waals surface area contributed by atoms with Crippen LogP contribution in [0.2, 0.25) is 0 Å². The number of rotatable bonds is 20. The summed E-state index contributed by atoms with van der Waals surface area (Å²) in [7, 11) is 2.50. The molecule has 85 heavy (non-hydrogen) atoms. The van der Waals surface area contributed by atoms with Crippen molar-refractivity contribution in [3.8, 4) is 5.75 Å². The molecular weight excluding hydrogens is 1140 g/mol. The Hall–Kier alpha value is -8.40. The first kappa shape index (κ1) is 65.7. The number of phenolic OH excluding ortho intramolecular Hbond substituents is 1. The molecule has 0 radical (unpaired) electrons. The van der Waals surface area contributed by atoms with E-state index in [2.05, 4.69) is 42.2 Å². The Bertz CT molecular complexity index is 2860. The van der Waals surface area contributed by atoms with Crippen LogP contribution >= 0.6 is 21.6 Å². The lowest BCUT2D eigenvalue weighted by atomic mass is 9.83. The molecule has 3 aromatic rings. The maximum absolute atomic E-state index is 15.3. The number of phenols is 1. The summed E-state index contributed by atoms with van der Waals surface area (Å²) >= 11 is 0. The van der Waals surface area contributed by atoms with Gasteiger partial charge < -0.3 is 75.9 Å². The van der Waals surface area contributed by atoms with E-state index in [1.807, 2.05) is 24.3 Å². The zero-order valence-corrected chi connectivity index (χ0v) is 48.6. The largest absolute Gasteiger partial charge is 0.508 e. The van der Waals surface area contributed by atoms with Gasteiger partial charge in [-0.3, -0.25) is 57.7 Å². The summed E-state index contributed by atoms with van der Waals surface area (Å²) in [6.07, 6.45) is 1.98. The van der Waals surface area contributed by atoms with Gasteiger partial charge in [-0.15, -0.1) is 0 Å². The highest BCUT2D eigenvalue weighted by Crippen LogP contribution is 2.48. The molecular formula is C57H76N14O12S2. The smallest absolute Gasteiger partial charge is 0.246 e. The highest BCUT2D eigenvalue weighted by molar-refractivity contribution is 8.77. The second kappa shape index (κ2) is 32.0. The topological polar surface area (TPSA) is 438 Å². The molecule has 6 rings (SSSR count). The normalized spacial score (nSPS) is 22.0. The second-order valence-electron chi connectivity index (χ2n) is 21.3. The number of amides is 11. The first-order valence-corrected chi connectivity index (χ1v) is 30.4. The van der Waals surface area contributed by atoms with Crippen molar-refractivity contribution in [3.05, 3.63) is 102 Å². The van der Waals surface area contributed by atoms with Crippen molar-refractivity contribution in [2.75, 3.05) is 25.4 Å². The molecule has 3 fully saturated rings. The first-order chi connectivity index (χ1) is 40.6. The number of hydrogen-bond donors (Lipinski definition) is 13. The minimum Gasteiger partial charge on any atom is -0.508 e. The summed E-state index contributed by atoms with van der Waals surface area (Å²) in [5, 5.41) is 28.9. The average molecular weight is 1210 g/mol. The molecule has 7 atom stereocenters. The summed E-state index contributed by atoms with van der Waals surface area (Å²) in [5.41, 5.74) is 29.2. The van der Waals surface area contributed by atoms with Gasteiger partial charge in [0, 0.05) is 48.8 Å². The van der Waals surface area contributed by atoms with Gasteiger partial charge >= 0.3 is 0 Å². The summed E-state index contributed by atoms with van der Waals surface area (Å²) < 4.78 is -0.799. The van der Waals surface area contributed by atoms with Crippen LogP contribution in [0.1, 0.15) is 106 Å². The highest BCUT2D eigenvalue weighted by Gasteiger charge is 2.43. The molecule has 1 aliphatic carbocycles. The Morgan fingerprint density at radius 3 is 1.93 bits per heavy atom. The molecule has 2 aliphatic heterocycles. The monoisotopic (exact) mass is 1210 g/mol. The zero-order valence-electron chi connectivity index (χ0n) is 47.0.